The lowest BCUT2D eigenvalue weighted by atomic mass is 10.1. The molecule has 7 heteroatoms. The normalized spacial score (nSPS) is 18.3. The van der Waals surface area contributed by atoms with Crippen molar-refractivity contribution >= 4 is 11.9 Å². The highest BCUT2D eigenvalue weighted by Gasteiger charge is 2.29. The van der Waals surface area contributed by atoms with Gasteiger partial charge in [-0.3, -0.25) is 14.7 Å². The Bertz CT molecular complexity index is 724. The maximum absolute atomic E-state index is 12.6. The molecule has 1 saturated heterocycles. The van der Waals surface area contributed by atoms with Gasteiger partial charge in [-0.1, -0.05) is 31.0 Å². The first-order valence-electron chi connectivity index (χ1n) is 11.7. The van der Waals surface area contributed by atoms with Gasteiger partial charge in [0.25, 0.3) is 0 Å². The fraction of sp³-hybridized carbons (Fsp3) is 0.667. The van der Waals surface area contributed by atoms with Gasteiger partial charge >= 0.3 is 0 Å². The Balaban J connectivity index is 1.46. The van der Waals surface area contributed by atoms with Crippen molar-refractivity contribution in [3.8, 4) is 5.75 Å². The molecule has 0 atom stereocenters. The number of nitrogens with zero attached hydrogens (tertiary/aromatic N) is 4. The van der Waals surface area contributed by atoms with Crippen LogP contribution >= 0.6 is 0 Å². The van der Waals surface area contributed by atoms with E-state index in [9.17, 15) is 4.79 Å². The first kappa shape index (κ1) is 23.4. The second kappa shape index (κ2) is 11.9. The molecule has 1 amide bonds. The highest BCUT2D eigenvalue weighted by molar-refractivity contribution is 5.80. The van der Waals surface area contributed by atoms with Crippen LogP contribution in [0.25, 0.3) is 0 Å². The Hall–Kier alpha value is -2.28. The van der Waals surface area contributed by atoms with E-state index in [1.165, 1.54) is 12.8 Å². The highest BCUT2D eigenvalue weighted by Crippen LogP contribution is 2.27. The summed E-state index contributed by atoms with van der Waals surface area (Å²) in [7, 11) is 3.76. The number of carbonyl (C=O) groups excluding carboxylic acids is 1. The third kappa shape index (κ3) is 6.60. The summed E-state index contributed by atoms with van der Waals surface area (Å²) in [5, 5.41) is 3.39. The van der Waals surface area contributed by atoms with E-state index >= 15 is 0 Å². The smallest absolute Gasteiger partial charge is 0.225 e. The molecule has 0 unspecified atom stereocenters. The number of guanidine groups is 1. The maximum Gasteiger partial charge on any atom is 0.225 e. The highest BCUT2D eigenvalue weighted by atomic mass is 16.5. The second-order valence-electron chi connectivity index (χ2n) is 8.55. The summed E-state index contributed by atoms with van der Waals surface area (Å²) in [5.74, 6) is 2.49. The zero-order chi connectivity index (χ0) is 22.1. The van der Waals surface area contributed by atoms with Crippen molar-refractivity contribution in [3.63, 3.8) is 0 Å². The van der Waals surface area contributed by atoms with E-state index in [1.807, 2.05) is 18.2 Å². The summed E-state index contributed by atoms with van der Waals surface area (Å²) in [5.41, 5.74) is 1.14. The van der Waals surface area contributed by atoms with Crippen LogP contribution < -0.4 is 10.1 Å². The number of rotatable bonds is 8. The number of nitrogens with one attached hydrogen (secondary N) is 1. The molecule has 1 aromatic rings. The number of aliphatic imine (C=N–C) groups is 1. The lowest BCUT2D eigenvalue weighted by Crippen LogP contribution is -2.50. The van der Waals surface area contributed by atoms with Crippen LogP contribution in [0.4, 0.5) is 0 Å². The van der Waals surface area contributed by atoms with Crippen LogP contribution in [0.15, 0.2) is 29.3 Å². The van der Waals surface area contributed by atoms with Gasteiger partial charge < -0.3 is 19.9 Å². The van der Waals surface area contributed by atoms with E-state index < -0.39 is 0 Å². The van der Waals surface area contributed by atoms with Gasteiger partial charge in [0.1, 0.15) is 5.75 Å². The molecule has 31 heavy (non-hydrogen) atoms. The van der Waals surface area contributed by atoms with Crippen molar-refractivity contribution < 1.29 is 9.53 Å². The number of hydrogen-bond acceptors (Lipinski definition) is 4. The monoisotopic (exact) mass is 429 g/mol. The zero-order valence-corrected chi connectivity index (χ0v) is 19.5. The number of carbonyl (C=O) groups is 1. The molecule has 1 aromatic carbocycles. The molecule has 2 fully saturated rings. The molecule has 1 N–H and O–H groups in total. The van der Waals surface area contributed by atoms with Crippen molar-refractivity contribution in [2.24, 2.45) is 10.9 Å². The molecule has 0 spiro atoms. The maximum atomic E-state index is 12.6. The summed E-state index contributed by atoms with van der Waals surface area (Å²) in [6, 6.07) is 8.10. The lowest BCUT2D eigenvalue weighted by Gasteiger charge is -2.35. The molecule has 2 aliphatic rings. The quantitative estimate of drug-likeness (QED) is 0.508. The molecule has 172 valence electrons. The number of hydrogen-bond donors (Lipinski definition) is 1. The number of para-hydroxylation sites is 1. The number of amides is 1. The van der Waals surface area contributed by atoms with Gasteiger partial charge in [0.2, 0.25) is 5.91 Å². The summed E-state index contributed by atoms with van der Waals surface area (Å²) in [6.45, 7) is 8.92. The summed E-state index contributed by atoms with van der Waals surface area (Å²) in [6.07, 6.45) is 4.61. The number of benzene rings is 1. The first-order valence-corrected chi connectivity index (χ1v) is 11.7. The number of piperazine rings is 1. The SMILES string of the molecule is CCNC(=NCCN1CCN(C(=O)C2CCCC2)CC1)N(C)Cc1ccccc1OC. The number of methoxy groups -OCH3 is 1. The van der Waals surface area contributed by atoms with Crippen LogP contribution in [0.2, 0.25) is 0 Å². The minimum absolute atomic E-state index is 0.289. The van der Waals surface area contributed by atoms with Crippen LogP contribution in [-0.2, 0) is 11.3 Å². The van der Waals surface area contributed by atoms with Gasteiger partial charge in [-0.05, 0) is 25.8 Å². The zero-order valence-electron chi connectivity index (χ0n) is 19.5. The molecule has 0 aromatic heterocycles. The Morgan fingerprint density at radius 3 is 2.58 bits per heavy atom. The predicted octanol–water partition coefficient (Wildman–Crippen LogP) is 2.43. The molecular formula is C24H39N5O2. The molecule has 0 radical (unpaired) electrons. The molecule has 1 aliphatic carbocycles. The summed E-state index contributed by atoms with van der Waals surface area (Å²) < 4.78 is 5.48. The standard InChI is InChI=1S/C24H39N5O2/c1-4-25-24(27(2)19-21-11-7-8-12-22(21)31-3)26-13-14-28-15-17-29(18-16-28)23(30)20-9-5-6-10-20/h7-8,11-12,20H,4-6,9-10,13-19H2,1-3H3,(H,25,26). The molecular weight excluding hydrogens is 390 g/mol. The van der Waals surface area contributed by atoms with E-state index in [2.05, 4.69) is 40.1 Å². The minimum Gasteiger partial charge on any atom is -0.496 e. The molecule has 0 bridgehead atoms. The van der Waals surface area contributed by atoms with Crippen molar-refractivity contribution in [2.75, 3.05) is 60.0 Å². The Kier molecular flexibility index (Phi) is 9.00. The molecule has 1 aliphatic heterocycles. The van der Waals surface area contributed by atoms with Gasteiger partial charge in [-0.25, -0.2) is 0 Å². The topological polar surface area (TPSA) is 60.4 Å². The van der Waals surface area contributed by atoms with Crippen molar-refractivity contribution in [3.05, 3.63) is 29.8 Å². The van der Waals surface area contributed by atoms with Gasteiger partial charge in [0, 0.05) is 64.3 Å². The predicted molar refractivity (Wildman–Crippen MR) is 125 cm³/mol. The fourth-order valence-corrected chi connectivity index (χ4v) is 4.55. The molecule has 3 rings (SSSR count). The van der Waals surface area contributed by atoms with Gasteiger partial charge in [0.15, 0.2) is 5.96 Å². The van der Waals surface area contributed by atoms with Crippen LogP contribution in [0.5, 0.6) is 5.75 Å². The lowest BCUT2D eigenvalue weighted by molar-refractivity contribution is -0.137. The summed E-state index contributed by atoms with van der Waals surface area (Å²) in [4.78, 5) is 24.1. The molecule has 7 nitrogen and oxygen atoms in total. The van der Waals surface area contributed by atoms with Gasteiger partial charge in [-0.2, -0.15) is 0 Å². The van der Waals surface area contributed by atoms with Crippen LogP contribution in [-0.4, -0.2) is 86.5 Å². The first-order chi connectivity index (χ1) is 15.1. The minimum atomic E-state index is 0.289. The van der Waals surface area contributed by atoms with Crippen molar-refractivity contribution in [1.82, 2.24) is 20.0 Å². The van der Waals surface area contributed by atoms with Crippen LogP contribution in [0.3, 0.4) is 0 Å². The van der Waals surface area contributed by atoms with Crippen LogP contribution in [0.1, 0.15) is 38.2 Å². The Morgan fingerprint density at radius 2 is 1.90 bits per heavy atom. The molecule has 1 heterocycles. The van der Waals surface area contributed by atoms with E-state index in [0.29, 0.717) is 5.91 Å². The van der Waals surface area contributed by atoms with Crippen LogP contribution in [0, 0.1) is 5.92 Å². The van der Waals surface area contributed by atoms with E-state index in [-0.39, 0.29) is 5.92 Å². The largest absolute Gasteiger partial charge is 0.496 e. The third-order valence-electron chi connectivity index (χ3n) is 6.36. The average molecular weight is 430 g/mol. The number of ether oxygens (including phenoxy) is 1. The molecule has 1 saturated carbocycles. The Labute approximate surface area is 187 Å². The summed E-state index contributed by atoms with van der Waals surface area (Å²) >= 11 is 0. The van der Waals surface area contributed by atoms with E-state index in [0.717, 1.165) is 82.5 Å². The van der Waals surface area contributed by atoms with Crippen molar-refractivity contribution in [1.29, 1.82) is 0 Å². The average Bonchev–Trinajstić information content (AvgIpc) is 3.34. The van der Waals surface area contributed by atoms with Gasteiger partial charge in [-0.15, -0.1) is 0 Å². The van der Waals surface area contributed by atoms with Crippen molar-refractivity contribution in [2.45, 2.75) is 39.2 Å². The van der Waals surface area contributed by atoms with E-state index in [1.54, 1.807) is 7.11 Å². The fourth-order valence-electron chi connectivity index (χ4n) is 4.55. The Morgan fingerprint density at radius 1 is 1.19 bits per heavy atom. The third-order valence-corrected chi connectivity index (χ3v) is 6.36. The van der Waals surface area contributed by atoms with E-state index in [4.69, 9.17) is 9.73 Å². The van der Waals surface area contributed by atoms with Gasteiger partial charge in [0.05, 0.1) is 13.7 Å². The second-order valence-corrected chi connectivity index (χ2v) is 8.55.